The minimum Gasteiger partial charge on any atom is -0.472 e. The molecule has 150 valence electrons. The van der Waals surface area contributed by atoms with Gasteiger partial charge < -0.3 is 10.1 Å². The topological polar surface area (TPSA) is 56.1 Å². The largest absolute Gasteiger partial charge is 0.472 e. The van der Waals surface area contributed by atoms with Crippen molar-refractivity contribution in [1.29, 1.82) is 0 Å². The van der Waals surface area contributed by atoms with Crippen LogP contribution in [0.25, 0.3) is 16.6 Å². The fourth-order valence-electron chi connectivity index (χ4n) is 2.95. The van der Waals surface area contributed by atoms with Crippen molar-refractivity contribution >= 4 is 16.7 Å². The van der Waals surface area contributed by atoms with Crippen molar-refractivity contribution in [3.8, 4) is 11.6 Å². The van der Waals surface area contributed by atoms with Gasteiger partial charge in [-0.1, -0.05) is 37.4 Å². The molecule has 0 aliphatic rings. The highest BCUT2D eigenvalue weighted by atomic mass is 16.5. The molecule has 0 aliphatic carbocycles. The summed E-state index contributed by atoms with van der Waals surface area (Å²) < 4.78 is 7.90. The van der Waals surface area contributed by atoms with Crippen molar-refractivity contribution in [2.45, 2.75) is 26.4 Å². The number of allylic oxidation sites excluding steroid dienone is 3. The molecule has 0 saturated heterocycles. The van der Waals surface area contributed by atoms with Crippen LogP contribution in [0.2, 0.25) is 0 Å². The van der Waals surface area contributed by atoms with E-state index in [1.165, 1.54) is 0 Å². The molecule has 0 fully saturated rings. The molecular formula is C24H27N3O2. The van der Waals surface area contributed by atoms with Crippen LogP contribution in [0.1, 0.15) is 22.2 Å². The van der Waals surface area contributed by atoms with Crippen LogP contribution in [0.5, 0.6) is 5.88 Å². The van der Waals surface area contributed by atoms with Crippen LogP contribution in [0.3, 0.4) is 0 Å². The first-order chi connectivity index (χ1) is 13.8. The minimum atomic E-state index is -0.406. The number of anilines is 1. The van der Waals surface area contributed by atoms with Crippen molar-refractivity contribution in [3.63, 3.8) is 0 Å². The van der Waals surface area contributed by atoms with Crippen LogP contribution < -0.4 is 15.5 Å². The van der Waals surface area contributed by atoms with Crippen molar-refractivity contribution in [1.82, 2.24) is 9.55 Å². The molecule has 2 heterocycles. The molecule has 0 radical (unpaired) electrons. The highest BCUT2D eigenvalue weighted by molar-refractivity contribution is 5.83. The lowest BCUT2D eigenvalue weighted by Crippen LogP contribution is -2.23. The summed E-state index contributed by atoms with van der Waals surface area (Å²) in [7, 11) is 0. The molecule has 0 amide bonds. The average Bonchev–Trinajstić information content (AvgIpc) is 2.67. The Bertz CT molecular complexity index is 1140. The van der Waals surface area contributed by atoms with E-state index in [1.54, 1.807) is 36.6 Å². The lowest BCUT2D eigenvalue weighted by molar-refractivity contribution is 0.124. The summed E-state index contributed by atoms with van der Waals surface area (Å²) in [6.45, 7) is 13.4. The quantitative estimate of drug-likeness (QED) is 0.568. The van der Waals surface area contributed by atoms with Gasteiger partial charge in [-0.25, -0.2) is 4.98 Å². The first-order valence-corrected chi connectivity index (χ1v) is 9.35. The standard InChI is InChI=1S/C24H25N3O2.H2/c1-6-11-17(7-2)26-22-15-21(28)19-16-25-23(29-24(3,4)5)14-20(19)27(22)18-12-9-8-10-13-18;/h6-16,26H,1-2H2,3-5H3;1H/b17-11+;. The molecule has 0 bridgehead atoms. The summed E-state index contributed by atoms with van der Waals surface area (Å²) >= 11 is 0. The molecular weight excluding hydrogens is 362 g/mol. The lowest BCUT2D eigenvalue weighted by Gasteiger charge is -2.22. The number of fused-ring (bicyclic) bond motifs is 1. The maximum absolute atomic E-state index is 12.8. The van der Waals surface area contributed by atoms with E-state index >= 15 is 0 Å². The number of rotatable bonds is 6. The fraction of sp³-hybridized carbons (Fsp3) is 0.167. The molecule has 29 heavy (non-hydrogen) atoms. The third kappa shape index (κ3) is 4.63. The zero-order valence-corrected chi connectivity index (χ0v) is 17.0. The molecule has 3 aromatic rings. The summed E-state index contributed by atoms with van der Waals surface area (Å²) in [5.74, 6) is 1.06. The van der Waals surface area contributed by atoms with Gasteiger partial charge in [-0.05, 0) is 45.1 Å². The lowest BCUT2D eigenvalue weighted by atomic mass is 10.2. The molecule has 0 spiro atoms. The fourth-order valence-corrected chi connectivity index (χ4v) is 2.95. The van der Waals surface area contributed by atoms with Gasteiger partial charge in [-0.3, -0.25) is 9.36 Å². The second kappa shape index (κ2) is 8.19. The maximum atomic E-state index is 12.8. The number of pyridine rings is 2. The molecule has 0 atom stereocenters. The predicted octanol–water partition coefficient (Wildman–Crippen LogP) is 5.48. The number of para-hydroxylation sites is 1. The van der Waals surface area contributed by atoms with Crippen LogP contribution in [0.15, 0.2) is 90.5 Å². The van der Waals surface area contributed by atoms with Crippen molar-refractivity contribution in [2.75, 3.05) is 5.32 Å². The van der Waals surface area contributed by atoms with Crippen LogP contribution in [0.4, 0.5) is 5.82 Å². The van der Waals surface area contributed by atoms with Gasteiger partial charge in [-0.2, -0.15) is 0 Å². The van der Waals surface area contributed by atoms with Gasteiger partial charge in [0.05, 0.1) is 10.9 Å². The van der Waals surface area contributed by atoms with E-state index in [2.05, 4.69) is 23.5 Å². The van der Waals surface area contributed by atoms with Gasteiger partial charge in [0, 0.05) is 31.1 Å². The van der Waals surface area contributed by atoms with E-state index in [-0.39, 0.29) is 6.86 Å². The molecule has 1 N–H and O–H groups in total. The third-order valence-corrected chi connectivity index (χ3v) is 4.09. The number of hydrogen-bond donors (Lipinski definition) is 1. The number of ether oxygens (including phenoxy) is 1. The SMILES string of the molecule is C=C/C=C(\C=C)Nc1cc(=O)c2cnc(OC(C)(C)C)cc2n1-c1ccccc1.[HH]. The van der Waals surface area contributed by atoms with Gasteiger partial charge in [0.1, 0.15) is 11.4 Å². The first-order valence-electron chi connectivity index (χ1n) is 9.35. The number of benzene rings is 1. The normalized spacial score (nSPS) is 11.9. The maximum Gasteiger partial charge on any atom is 0.215 e. The molecule has 2 aromatic heterocycles. The highest BCUT2D eigenvalue weighted by Gasteiger charge is 2.16. The van der Waals surface area contributed by atoms with Gasteiger partial charge in [0.25, 0.3) is 0 Å². The Kier molecular flexibility index (Phi) is 5.69. The minimum absolute atomic E-state index is 0. The monoisotopic (exact) mass is 389 g/mol. The third-order valence-electron chi connectivity index (χ3n) is 4.09. The van der Waals surface area contributed by atoms with Gasteiger partial charge >= 0.3 is 0 Å². The van der Waals surface area contributed by atoms with Crippen molar-refractivity contribution < 1.29 is 6.16 Å². The zero-order valence-electron chi connectivity index (χ0n) is 17.0. The van der Waals surface area contributed by atoms with E-state index in [4.69, 9.17) is 4.74 Å². The number of aromatic nitrogens is 2. The Morgan fingerprint density at radius 1 is 1.21 bits per heavy atom. The summed E-state index contributed by atoms with van der Waals surface area (Å²) in [6.07, 6.45) is 6.69. The van der Waals surface area contributed by atoms with Crippen molar-refractivity contribution in [2.24, 2.45) is 0 Å². The molecule has 0 saturated carbocycles. The highest BCUT2D eigenvalue weighted by Crippen LogP contribution is 2.26. The molecule has 5 heteroatoms. The van der Waals surface area contributed by atoms with E-state index in [9.17, 15) is 4.79 Å². The second-order valence-corrected chi connectivity index (χ2v) is 7.51. The van der Waals surface area contributed by atoms with E-state index in [0.717, 1.165) is 11.4 Å². The van der Waals surface area contributed by atoms with Crippen LogP contribution in [-0.2, 0) is 0 Å². The van der Waals surface area contributed by atoms with Crippen LogP contribution in [0, 0.1) is 0 Å². The van der Waals surface area contributed by atoms with Crippen LogP contribution >= 0.6 is 0 Å². The van der Waals surface area contributed by atoms with Gasteiger partial charge in [0.2, 0.25) is 5.88 Å². The zero-order chi connectivity index (χ0) is 21.0. The molecule has 0 unspecified atom stereocenters. The van der Waals surface area contributed by atoms with E-state index < -0.39 is 5.60 Å². The second-order valence-electron chi connectivity index (χ2n) is 7.51. The van der Waals surface area contributed by atoms with Crippen molar-refractivity contribution in [3.05, 3.63) is 96.0 Å². The first kappa shape index (κ1) is 20.1. The smallest absolute Gasteiger partial charge is 0.215 e. The Hall–Kier alpha value is -3.60. The Morgan fingerprint density at radius 2 is 1.93 bits per heavy atom. The van der Waals surface area contributed by atoms with E-state index in [1.807, 2.05) is 55.7 Å². The summed E-state index contributed by atoms with van der Waals surface area (Å²) in [5, 5.41) is 3.78. The molecule has 1 aromatic carbocycles. The summed E-state index contributed by atoms with van der Waals surface area (Å²) in [5.41, 5.74) is 1.78. The summed E-state index contributed by atoms with van der Waals surface area (Å²) in [6, 6.07) is 13.2. The average molecular weight is 389 g/mol. The predicted molar refractivity (Wildman–Crippen MR) is 122 cm³/mol. The van der Waals surface area contributed by atoms with E-state index in [0.29, 0.717) is 22.6 Å². The number of nitrogens with one attached hydrogen (secondary N) is 1. The number of hydrogen-bond acceptors (Lipinski definition) is 4. The molecule has 0 aliphatic heterocycles. The van der Waals surface area contributed by atoms with Gasteiger partial charge in [-0.15, -0.1) is 0 Å². The number of nitrogens with zero attached hydrogens (tertiary/aromatic N) is 2. The van der Waals surface area contributed by atoms with Gasteiger partial charge in [0.15, 0.2) is 5.43 Å². The molecule has 3 rings (SSSR count). The Labute approximate surface area is 172 Å². The van der Waals surface area contributed by atoms with Crippen LogP contribution in [-0.4, -0.2) is 15.2 Å². The Morgan fingerprint density at radius 3 is 2.55 bits per heavy atom. The Balaban J connectivity index is 0.00000320. The molecule has 5 nitrogen and oxygen atoms in total. The summed E-state index contributed by atoms with van der Waals surface area (Å²) in [4.78, 5) is 17.1.